The largest absolute Gasteiger partial charge is 0.295 e. The van der Waals surface area contributed by atoms with E-state index in [1.54, 1.807) is 25.2 Å². The van der Waals surface area contributed by atoms with Crippen LogP contribution in [0.2, 0.25) is 10.0 Å². The first-order valence-corrected chi connectivity index (χ1v) is 7.46. The Labute approximate surface area is 139 Å². The van der Waals surface area contributed by atoms with Crippen molar-refractivity contribution in [2.24, 2.45) is 7.05 Å². The molecule has 0 saturated heterocycles. The molecule has 3 nitrogen and oxygen atoms in total. The predicted molar refractivity (Wildman–Crippen MR) is 92.7 cm³/mol. The Morgan fingerprint density at radius 1 is 1.00 bits per heavy atom. The summed E-state index contributed by atoms with van der Waals surface area (Å²) >= 11 is 11.8. The van der Waals surface area contributed by atoms with Gasteiger partial charge in [0.2, 0.25) is 0 Å². The first kappa shape index (κ1) is 16.4. The van der Waals surface area contributed by atoms with Gasteiger partial charge in [0, 0.05) is 23.7 Å². The first-order valence-electron chi connectivity index (χ1n) is 6.70. The SMILES string of the molecule is Cc1ccccc1.Cn1[nH]c(-c2ccc(Cl)cc2Cl)cc1=O. The second kappa shape index (κ2) is 7.34. The number of nitrogens with zero attached hydrogens (tertiary/aromatic N) is 1. The topological polar surface area (TPSA) is 37.8 Å². The van der Waals surface area contributed by atoms with Crippen LogP contribution in [-0.4, -0.2) is 9.78 Å². The second-order valence-corrected chi connectivity index (χ2v) is 5.69. The third-order valence-corrected chi connectivity index (χ3v) is 3.60. The van der Waals surface area contributed by atoms with Gasteiger partial charge in [-0.2, -0.15) is 0 Å². The number of benzene rings is 2. The molecule has 1 N–H and O–H groups in total. The molecule has 0 spiro atoms. The second-order valence-electron chi connectivity index (χ2n) is 4.85. The van der Waals surface area contributed by atoms with Gasteiger partial charge in [0.05, 0.1) is 10.7 Å². The standard InChI is InChI=1S/C10H8Cl2N2O.C7H8/c1-14-10(15)5-9(13-14)7-3-2-6(11)4-8(7)12;1-7-5-3-2-4-6-7/h2-5,13H,1H3;2-6H,1H3. The number of hydrogen-bond acceptors (Lipinski definition) is 1. The van der Waals surface area contributed by atoms with Crippen molar-refractivity contribution < 1.29 is 0 Å². The maximum absolute atomic E-state index is 11.3. The van der Waals surface area contributed by atoms with Gasteiger partial charge in [0.1, 0.15) is 0 Å². The first-order chi connectivity index (χ1) is 10.5. The minimum Gasteiger partial charge on any atom is -0.295 e. The summed E-state index contributed by atoms with van der Waals surface area (Å²) in [6.45, 7) is 2.08. The molecule has 3 rings (SSSR count). The summed E-state index contributed by atoms with van der Waals surface area (Å²) in [4.78, 5) is 11.3. The summed E-state index contributed by atoms with van der Waals surface area (Å²) in [6.07, 6.45) is 0. The van der Waals surface area contributed by atoms with Gasteiger partial charge >= 0.3 is 0 Å². The Morgan fingerprint density at radius 3 is 2.14 bits per heavy atom. The number of H-pyrrole nitrogens is 1. The number of aromatic nitrogens is 2. The molecule has 0 saturated carbocycles. The average molecular weight is 335 g/mol. The molecule has 22 heavy (non-hydrogen) atoms. The molecule has 0 atom stereocenters. The van der Waals surface area contributed by atoms with Crippen molar-refractivity contribution in [3.63, 3.8) is 0 Å². The van der Waals surface area contributed by atoms with Crippen LogP contribution >= 0.6 is 23.2 Å². The van der Waals surface area contributed by atoms with Crippen molar-refractivity contribution >= 4 is 23.2 Å². The Morgan fingerprint density at radius 2 is 1.68 bits per heavy atom. The zero-order valence-electron chi connectivity index (χ0n) is 12.3. The lowest BCUT2D eigenvalue weighted by Gasteiger charge is -2.01. The fourth-order valence-corrected chi connectivity index (χ4v) is 2.38. The van der Waals surface area contributed by atoms with Crippen molar-refractivity contribution in [2.75, 3.05) is 0 Å². The third-order valence-electron chi connectivity index (χ3n) is 3.05. The number of hydrogen-bond donors (Lipinski definition) is 1. The van der Waals surface area contributed by atoms with Crippen molar-refractivity contribution in [1.29, 1.82) is 0 Å². The Kier molecular flexibility index (Phi) is 5.47. The fraction of sp³-hybridized carbons (Fsp3) is 0.118. The minimum absolute atomic E-state index is 0.101. The molecule has 0 unspecified atom stereocenters. The van der Waals surface area contributed by atoms with Crippen molar-refractivity contribution in [2.45, 2.75) is 6.92 Å². The van der Waals surface area contributed by atoms with Crippen LogP contribution in [0.4, 0.5) is 0 Å². The number of aromatic amines is 1. The Balaban J connectivity index is 0.000000211. The van der Waals surface area contributed by atoms with E-state index in [9.17, 15) is 4.79 Å². The lowest BCUT2D eigenvalue weighted by atomic mass is 10.1. The molecule has 5 heteroatoms. The number of halogens is 2. The predicted octanol–water partition coefficient (Wildman–Crippen LogP) is 4.68. The molecule has 0 aliphatic carbocycles. The van der Waals surface area contributed by atoms with E-state index in [2.05, 4.69) is 24.2 Å². The average Bonchev–Trinajstić information content (AvgIpc) is 2.80. The molecule has 0 amide bonds. The van der Waals surface area contributed by atoms with Crippen LogP contribution < -0.4 is 5.56 Å². The maximum Gasteiger partial charge on any atom is 0.266 e. The van der Waals surface area contributed by atoms with E-state index >= 15 is 0 Å². The summed E-state index contributed by atoms with van der Waals surface area (Å²) in [5, 5.41) is 3.99. The van der Waals surface area contributed by atoms with Crippen molar-refractivity contribution in [1.82, 2.24) is 9.78 Å². The van der Waals surface area contributed by atoms with Crippen LogP contribution in [0.15, 0.2) is 59.4 Å². The molecule has 0 bridgehead atoms. The molecular weight excluding hydrogens is 319 g/mol. The number of aryl methyl sites for hydroxylation is 2. The molecular formula is C17H16Cl2N2O. The number of nitrogens with one attached hydrogen (secondary N) is 1. The van der Waals surface area contributed by atoms with Crippen molar-refractivity contribution in [3.05, 3.63) is 80.6 Å². The van der Waals surface area contributed by atoms with Gasteiger partial charge < -0.3 is 0 Å². The van der Waals surface area contributed by atoms with Crippen LogP contribution in [0.5, 0.6) is 0 Å². The molecule has 3 aromatic rings. The normalized spacial score (nSPS) is 10.0. The Bertz CT molecular complexity index is 807. The maximum atomic E-state index is 11.3. The number of rotatable bonds is 1. The van der Waals surface area contributed by atoms with Crippen LogP contribution in [0.1, 0.15) is 5.56 Å². The zero-order valence-corrected chi connectivity index (χ0v) is 13.8. The lowest BCUT2D eigenvalue weighted by molar-refractivity contribution is 0.742. The van der Waals surface area contributed by atoms with E-state index in [0.29, 0.717) is 15.7 Å². The van der Waals surface area contributed by atoms with E-state index in [-0.39, 0.29) is 5.56 Å². The summed E-state index contributed by atoms with van der Waals surface area (Å²) in [5.41, 5.74) is 2.67. The van der Waals surface area contributed by atoms with Gasteiger partial charge in [-0.25, -0.2) is 0 Å². The molecule has 114 valence electrons. The molecule has 0 fully saturated rings. The van der Waals surface area contributed by atoms with Crippen molar-refractivity contribution in [3.8, 4) is 11.3 Å². The highest BCUT2D eigenvalue weighted by molar-refractivity contribution is 6.36. The summed E-state index contributed by atoms with van der Waals surface area (Å²) in [7, 11) is 1.65. The van der Waals surface area contributed by atoms with Gasteiger partial charge in [-0.3, -0.25) is 14.6 Å². The fourth-order valence-electron chi connectivity index (χ4n) is 1.87. The van der Waals surface area contributed by atoms with Gasteiger partial charge in [-0.15, -0.1) is 0 Å². The molecule has 0 aliphatic heterocycles. The summed E-state index contributed by atoms with van der Waals surface area (Å²) in [5.74, 6) is 0. The van der Waals surface area contributed by atoms with E-state index in [0.717, 1.165) is 5.56 Å². The van der Waals surface area contributed by atoms with Crippen LogP contribution in [0.3, 0.4) is 0 Å². The van der Waals surface area contributed by atoms with Crippen LogP contribution in [-0.2, 0) is 7.05 Å². The third kappa shape index (κ3) is 4.26. The molecule has 0 aliphatic rings. The van der Waals surface area contributed by atoms with E-state index in [4.69, 9.17) is 23.2 Å². The molecule has 0 radical (unpaired) electrons. The zero-order chi connectivity index (χ0) is 16.1. The quantitative estimate of drug-likeness (QED) is 0.689. The highest BCUT2D eigenvalue weighted by Gasteiger charge is 2.07. The molecule has 1 heterocycles. The van der Waals surface area contributed by atoms with E-state index in [1.807, 2.05) is 18.2 Å². The van der Waals surface area contributed by atoms with Gasteiger partial charge in [-0.05, 0) is 25.1 Å². The summed E-state index contributed by atoms with van der Waals surface area (Å²) < 4.78 is 1.39. The Hall–Kier alpha value is -1.97. The molecule has 2 aromatic carbocycles. The highest BCUT2D eigenvalue weighted by Crippen LogP contribution is 2.28. The van der Waals surface area contributed by atoms with Crippen LogP contribution in [0.25, 0.3) is 11.3 Å². The smallest absolute Gasteiger partial charge is 0.266 e. The van der Waals surface area contributed by atoms with Gasteiger partial charge in [0.25, 0.3) is 5.56 Å². The summed E-state index contributed by atoms with van der Waals surface area (Å²) in [6, 6.07) is 16.9. The lowest BCUT2D eigenvalue weighted by Crippen LogP contribution is -2.09. The highest BCUT2D eigenvalue weighted by atomic mass is 35.5. The monoisotopic (exact) mass is 334 g/mol. The van der Waals surface area contributed by atoms with E-state index < -0.39 is 0 Å². The minimum atomic E-state index is -0.101. The van der Waals surface area contributed by atoms with Gasteiger partial charge in [-0.1, -0.05) is 59.1 Å². The van der Waals surface area contributed by atoms with E-state index in [1.165, 1.54) is 16.3 Å². The molecule has 1 aromatic heterocycles. The van der Waals surface area contributed by atoms with Gasteiger partial charge in [0.15, 0.2) is 0 Å². The van der Waals surface area contributed by atoms with Crippen LogP contribution in [0, 0.1) is 6.92 Å².